The van der Waals surface area contributed by atoms with E-state index in [0.29, 0.717) is 21.0 Å². The van der Waals surface area contributed by atoms with Gasteiger partial charge in [0.1, 0.15) is 0 Å². The first-order valence-corrected chi connectivity index (χ1v) is 6.34. The quantitative estimate of drug-likeness (QED) is 0.830. The van der Waals surface area contributed by atoms with E-state index in [1.165, 1.54) is 0 Å². The molecule has 0 fully saturated rings. The highest BCUT2D eigenvalue weighted by molar-refractivity contribution is 6.73. The van der Waals surface area contributed by atoms with Gasteiger partial charge < -0.3 is 14.6 Å². The molecule has 2 N–H and O–H groups in total. The van der Waals surface area contributed by atoms with Crippen LogP contribution in [0.5, 0.6) is 0 Å². The molecular weight excluding hydrogens is 285 g/mol. The summed E-state index contributed by atoms with van der Waals surface area (Å²) in [5.41, 5.74) is 1.02. The van der Waals surface area contributed by atoms with Crippen molar-refractivity contribution in [1.29, 1.82) is 0 Å². The van der Waals surface area contributed by atoms with Crippen molar-refractivity contribution in [3.63, 3.8) is 0 Å². The fourth-order valence-electron chi connectivity index (χ4n) is 1.53. The molecule has 0 heterocycles. The van der Waals surface area contributed by atoms with Crippen LogP contribution in [-0.4, -0.2) is 24.3 Å². The summed E-state index contributed by atoms with van der Waals surface area (Å²) in [6.07, 6.45) is 0. The Morgan fingerprint density at radius 1 is 0.684 bits per heavy atom. The van der Waals surface area contributed by atoms with E-state index in [1.807, 2.05) is 0 Å². The second kappa shape index (κ2) is 6.46. The third kappa shape index (κ3) is 4.00. The molecule has 0 radical (unpaired) electrons. The van der Waals surface area contributed by atoms with Gasteiger partial charge in [0.25, 0.3) is 0 Å². The maximum atomic E-state index is 9.85. The van der Waals surface area contributed by atoms with Crippen molar-refractivity contribution >= 4 is 48.4 Å². The molecule has 2 aromatic rings. The molecule has 0 spiro atoms. The van der Waals surface area contributed by atoms with Gasteiger partial charge in [-0.3, -0.25) is 0 Å². The molecule has 96 valence electrons. The number of rotatable bonds is 4. The van der Waals surface area contributed by atoms with Gasteiger partial charge in [-0.25, -0.2) is 0 Å². The first-order chi connectivity index (χ1) is 9.06. The van der Waals surface area contributed by atoms with Crippen molar-refractivity contribution < 1.29 is 14.6 Å². The summed E-state index contributed by atoms with van der Waals surface area (Å²) in [5.74, 6) is 0. The molecule has 3 nitrogen and oxygen atoms in total. The minimum atomic E-state index is -1.23. The fraction of sp³-hybridized carbons (Fsp3) is 0. The van der Waals surface area contributed by atoms with E-state index in [9.17, 15) is 10.0 Å². The Labute approximate surface area is 122 Å². The van der Waals surface area contributed by atoms with Crippen LogP contribution in [0.15, 0.2) is 48.5 Å². The minimum Gasteiger partial charge on any atom is -0.443 e. The van der Waals surface area contributed by atoms with Crippen molar-refractivity contribution in [3.05, 3.63) is 58.6 Å². The lowest BCUT2D eigenvalue weighted by atomic mass is 9.71. The highest BCUT2D eigenvalue weighted by Crippen LogP contribution is 2.06. The lowest BCUT2D eigenvalue weighted by Gasteiger charge is -2.12. The van der Waals surface area contributed by atoms with E-state index in [1.54, 1.807) is 48.5 Å². The van der Waals surface area contributed by atoms with Gasteiger partial charge in [-0.2, -0.15) is 0 Å². The third-order valence-electron chi connectivity index (χ3n) is 2.57. The molecule has 0 aromatic heterocycles. The predicted octanol–water partition coefficient (Wildman–Crippen LogP) is 1.09. The molecule has 7 heteroatoms. The molecule has 0 unspecified atom stereocenters. The molecule has 0 atom stereocenters. The highest BCUT2D eigenvalue weighted by atomic mass is 35.5. The van der Waals surface area contributed by atoms with Crippen molar-refractivity contribution in [3.8, 4) is 0 Å². The van der Waals surface area contributed by atoms with E-state index >= 15 is 0 Å². The van der Waals surface area contributed by atoms with Crippen LogP contribution in [0.1, 0.15) is 0 Å². The summed E-state index contributed by atoms with van der Waals surface area (Å²) in [6.45, 7) is 0. The van der Waals surface area contributed by atoms with E-state index in [-0.39, 0.29) is 0 Å². The zero-order valence-electron chi connectivity index (χ0n) is 9.83. The maximum Gasteiger partial charge on any atom is 0.477 e. The number of benzene rings is 2. The lowest BCUT2D eigenvalue weighted by molar-refractivity contribution is 0.379. The van der Waals surface area contributed by atoms with Crippen LogP contribution in [0, 0.1) is 0 Å². The van der Waals surface area contributed by atoms with Gasteiger partial charge in [-0.15, -0.1) is 0 Å². The van der Waals surface area contributed by atoms with Gasteiger partial charge in [0, 0.05) is 10.0 Å². The van der Waals surface area contributed by atoms with Crippen LogP contribution >= 0.6 is 23.2 Å². The molecule has 0 aliphatic heterocycles. The number of halogens is 2. The Hall–Kier alpha value is -0.970. The smallest absolute Gasteiger partial charge is 0.443 e. The van der Waals surface area contributed by atoms with Gasteiger partial charge in [0.2, 0.25) is 0 Å². The van der Waals surface area contributed by atoms with Crippen molar-refractivity contribution in [2.45, 2.75) is 0 Å². The standard InChI is InChI=1S/C12H10B2Cl2O3/c15-11-5-1-9(2-6-11)13(17)19-14(18)10-3-7-12(16)8-4-10/h1-8,17-18H. The monoisotopic (exact) mass is 294 g/mol. The predicted molar refractivity (Wildman–Crippen MR) is 79.2 cm³/mol. The Morgan fingerprint density at radius 3 is 1.32 bits per heavy atom. The van der Waals surface area contributed by atoms with E-state index in [2.05, 4.69) is 0 Å². The largest absolute Gasteiger partial charge is 0.477 e. The Bertz CT molecular complexity index is 484. The number of hydrogen-bond donors (Lipinski definition) is 2. The van der Waals surface area contributed by atoms with Crippen LogP contribution in [0.25, 0.3) is 0 Å². The normalized spacial score (nSPS) is 10.3. The molecule has 0 saturated heterocycles. The first-order valence-electron chi connectivity index (χ1n) is 5.59. The van der Waals surface area contributed by atoms with Gasteiger partial charge in [0.15, 0.2) is 0 Å². The average Bonchev–Trinajstić information content (AvgIpc) is 2.40. The summed E-state index contributed by atoms with van der Waals surface area (Å²) >= 11 is 11.5. The van der Waals surface area contributed by atoms with Crippen LogP contribution in [0.3, 0.4) is 0 Å². The summed E-state index contributed by atoms with van der Waals surface area (Å²) in [7, 11) is -2.47. The molecular formula is C12H10B2Cl2O3. The molecule has 0 amide bonds. The molecule has 0 aliphatic carbocycles. The Morgan fingerprint density at radius 2 is 1.00 bits per heavy atom. The van der Waals surface area contributed by atoms with E-state index in [4.69, 9.17) is 27.8 Å². The third-order valence-corrected chi connectivity index (χ3v) is 3.07. The zero-order valence-corrected chi connectivity index (χ0v) is 11.3. The van der Waals surface area contributed by atoms with Gasteiger partial charge >= 0.3 is 14.2 Å². The van der Waals surface area contributed by atoms with Crippen molar-refractivity contribution in [2.75, 3.05) is 0 Å². The molecule has 0 bridgehead atoms. The average molecular weight is 295 g/mol. The highest BCUT2D eigenvalue weighted by Gasteiger charge is 2.25. The summed E-state index contributed by atoms with van der Waals surface area (Å²) < 4.78 is 5.13. The van der Waals surface area contributed by atoms with E-state index in [0.717, 1.165) is 0 Å². The van der Waals surface area contributed by atoms with Crippen LogP contribution in [-0.2, 0) is 4.57 Å². The van der Waals surface area contributed by atoms with Crippen LogP contribution in [0.4, 0.5) is 0 Å². The van der Waals surface area contributed by atoms with E-state index < -0.39 is 14.2 Å². The molecule has 2 rings (SSSR count). The fourth-order valence-corrected chi connectivity index (χ4v) is 1.79. The lowest BCUT2D eigenvalue weighted by Crippen LogP contribution is -2.44. The first kappa shape index (κ1) is 14.4. The zero-order chi connectivity index (χ0) is 13.8. The summed E-state index contributed by atoms with van der Waals surface area (Å²) in [6, 6.07) is 13.1. The van der Waals surface area contributed by atoms with Crippen molar-refractivity contribution in [2.24, 2.45) is 0 Å². The molecule has 2 aromatic carbocycles. The second-order valence-electron chi connectivity index (χ2n) is 3.94. The second-order valence-corrected chi connectivity index (χ2v) is 4.82. The Balaban J connectivity index is 2.03. The Kier molecular flexibility index (Phi) is 4.91. The van der Waals surface area contributed by atoms with Gasteiger partial charge in [-0.1, -0.05) is 47.5 Å². The SMILES string of the molecule is OB(OB(O)c1ccc(Cl)cc1)c1ccc(Cl)cc1. The molecule has 0 saturated carbocycles. The summed E-state index contributed by atoms with van der Waals surface area (Å²) in [4.78, 5) is 0. The van der Waals surface area contributed by atoms with Crippen LogP contribution in [0.2, 0.25) is 10.0 Å². The number of hydrogen-bond acceptors (Lipinski definition) is 3. The maximum absolute atomic E-state index is 9.85. The topological polar surface area (TPSA) is 49.7 Å². The van der Waals surface area contributed by atoms with Gasteiger partial charge in [0.05, 0.1) is 0 Å². The molecule has 0 aliphatic rings. The summed E-state index contributed by atoms with van der Waals surface area (Å²) in [5, 5.41) is 20.8. The van der Waals surface area contributed by atoms with Crippen LogP contribution < -0.4 is 10.9 Å². The molecule has 19 heavy (non-hydrogen) atoms. The van der Waals surface area contributed by atoms with Gasteiger partial charge in [-0.05, 0) is 35.2 Å². The van der Waals surface area contributed by atoms with Crippen molar-refractivity contribution in [1.82, 2.24) is 0 Å². The minimum absolute atomic E-state index is 0.511.